The summed E-state index contributed by atoms with van der Waals surface area (Å²) in [6.45, 7) is 6.56. The first-order valence-electron chi connectivity index (χ1n) is 10.5. The number of pyridine rings is 1. The second-order valence-electron chi connectivity index (χ2n) is 7.77. The minimum absolute atomic E-state index is 0.00354. The van der Waals surface area contributed by atoms with Gasteiger partial charge in [0.25, 0.3) is 0 Å². The first kappa shape index (κ1) is 18.8. The molecule has 0 aliphatic carbocycles. The number of aromatic nitrogens is 3. The Morgan fingerprint density at radius 1 is 1.18 bits per heavy atom. The van der Waals surface area contributed by atoms with Gasteiger partial charge in [-0.2, -0.15) is 0 Å². The first-order valence-corrected chi connectivity index (χ1v) is 10.5. The van der Waals surface area contributed by atoms with Gasteiger partial charge in [-0.3, -0.25) is 9.78 Å². The summed E-state index contributed by atoms with van der Waals surface area (Å²) in [5.74, 6) is 2.05. The lowest BCUT2D eigenvalue weighted by Crippen LogP contribution is -2.39. The average Bonchev–Trinajstić information content (AvgIpc) is 2.74. The fraction of sp³-hybridized carbons (Fsp3) is 0.545. The number of likely N-dealkylation sites (tertiary alicyclic amines) is 1. The van der Waals surface area contributed by atoms with Gasteiger partial charge in [-0.05, 0) is 51.2 Å². The Kier molecular flexibility index (Phi) is 5.55. The van der Waals surface area contributed by atoms with Crippen LogP contribution < -0.4 is 4.90 Å². The van der Waals surface area contributed by atoms with E-state index in [1.807, 2.05) is 30.2 Å². The third-order valence-corrected chi connectivity index (χ3v) is 5.87. The largest absolute Gasteiger partial charge is 0.350 e. The Morgan fingerprint density at radius 3 is 2.86 bits per heavy atom. The van der Waals surface area contributed by atoms with Gasteiger partial charge in [-0.15, -0.1) is 0 Å². The van der Waals surface area contributed by atoms with Crippen LogP contribution in [0.25, 0.3) is 0 Å². The number of hydrogen-bond acceptors (Lipinski definition) is 5. The standard InChI is InChI=1S/C22H29N5O/c1-3-20(28)27-14-7-5-11-19(27)21-24-16(2)18-10-8-13-26(22(18)25-21)15-17-9-4-6-12-23-17/h4,6,9,12,19H,3,5,7-8,10-11,13-15H2,1-2H3/t19-/m0/s1. The molecule has 6 heteroatoms. The molecule has 1 atom stereocenters. The van der Waals surface area contributed by atoms with Crippen molar-refractivity contribution < 1.29 is 4.79 Å². The number of carbonyl (C=O) groups is 1. The van der Waals surface area contributed by atoms with Gasteiger partial charge in [0.05, 0.1) is 18.3 Å². The molecule has 28 heavy (non-hydrogen) atoms. The number of anilines is 1. The van der Waals surface area contributed by atoms with Crippen LogP contribution in [-0.2, 0) is 17.8 Å². The lowest BCUT2D eigenvalue weighted by atomic mass is 9.99. The van der Waals surface area contributed by atoms with Crippen molar-refractivity contribution in [3.05, 3.63) is 47.2 Å². The second kappa shape index (κ2) is 8.25. The molecule has 0 saturated carbocycles. The molecular weight excluding hydrogens is 350 g/mol. The van der Waals surface area contributed by atoms with Gasteiger partial charge in [-0.25, -0.2) is 9.97 Å². The molecule has 1 saturated heterocycles. The number of rotatable bonds is 4. The van der Waals surface area contributed by atoms with Crippen LogP contribution in [0.1, 0.15) is 67.8 Å². The maximum absolute atomic E-state index is 12.5. The minimum atomic E-state index is 0.00354. The fourth-order valence-electron chi connectivity index (χ4n) is 4.40. The van der Waals surface area contributed by atoms with E-state index in [9.17, 15) is 4.79 Å². The number of piperidine rings is 1. The predicted molar refractivity (Wildman–Crippen MR) is 109 cm³/mol. The Labute approximate surface area is 167 Å². The van der Waals surface area contributed by atoms with Gasteiger partial charge in [0.15, 0.2) is 5.82 Å². The van der Waals surface area contributed by atoms with Crippen LogP contribution in [0.5, 0.6) is 0 Å². The van der Waals surface area contributed by atoms with Gasteiger partial charge in [0, 0.05) is 37.0 Å². The molecule has 0 spiro atoms. The first-order chi connectivity index (χ1) is 13.7. The van der Waals surface area contributed by atoms with Crippen molar-refractivity contribution in [1.82, 2.24) is 19.9 Å². The maximum Gasteiger partial charge on any atom is 0.222 e. The number of hydrogen-bond donors (Lipinski definition) is 0. The molecular formula is C22H29N5O. The molecule has 1 amide bonds. The van der Waals surface area contributed by atoms with E-state index in [1.54, 1.807) is 0 Å². The van der Waals surface area contributed by atoms with E-state index in [-0.39, 0.29) is 11.9 Å². The predicted octanol–water partition coefficient (Wildman–Crippen LogP) is 3.60. The molecule has 0 aromatic carbocycles. The maximum atomic E-state index is 12.5. The van der Waals surface area contributed by atoms with Crippen molar-refractivity contribution in [3.8, 4) is 0 Å². The van der Waals surface area contributed by atoms with E-state index >= 15 is 0 Å². The summed E-state index contributed by atoms with van der Waals surface area (Å²) in [5, 5.41) is 0. The van der Waals surface area contributed by atoms with E-state index in [0.717, 1.165) is 74.8 Å². The van der Waals surface area contributed by atoms with Crippen molar-refractivity contribution >= 4 is 11.7 Å². The Morgan fingerprint density at radius 2 is 2.07 bits per heavy atom. The van der Waals surface area contributed by atoms with E-state index in [1.165, 1.54) is 5.56 Å². The highest BCUT2D eigenvalue weighted by Crippen LogP contribution is 2.34. The lowest BCUT2D eigenvalue weighted by Gasteiger charge is -2.36. The van der Waals surface area contributed by atoms with Crippen molar-refractivity contribution in [2.24, 2.45) is 0 Å². The number of aryl methyl sites for hydroxylation is 1. The average molecular weight is 380 g/mol. The van der Waals surface area contributed by atoms with Crippen molar-refractivity contribution in [2.45, 2.75) is 65.0 Å². The van der Waals surface area contributed by atoms with E-state index in [2.05, 4.69) is 22.9 Å². The normalized spacial score (nSPS) is 19.4. The molecule has 148 valence electrons. The van der Waals surface area contributed by atoms with Gasteiger partial charge in [-0.1, -0.05) is 13.0 Å². The summed E-state index contributed by atoms with van der Waals surface area (Å²) in [4.78, 5) is 31.2. The smallest absolute Gasteiger partial charge is 0.222 e. The molecule has 4 heterocycles. The molecule has 0 radical (unpaired) electrons. The van der Waals surface area contributed by atoms with Crippen LogP contribution >= 0.6 is 0 Å². The summed E-state index contributed by atoms with van der Waals surface area (Å²) in [5.41, 5.74) is 3.35. The van der Waals surface area contributed by atoms with Gasteiger partial charge in [0.1, 0.15) is 5.82 Å². The van der Waals surface area contributed by atoms with Gasteiger partial charge >= 0.3 is 0 Å². The number of carbonyl (C=O) groups excluding carboxylic acids is 1. The summed E-state index contributed by atoms with van der Waals surface area (Å²) < 4.78 is 0. The molecule has 2 aromatic rings. The van der Waals surface area contributed by atoms with Crippen LogP contribution in [0.3, 0.4) is 0 Å². The van der Waals surface area contributed by atoms with E-state index in [4.69, 9.17) is 9.97 Å². The molecule has 2 aliphatic rings. The van der Waals surface area contributed by atoms with Crippen LogP contribution in [-0.4, -0.2) is 38.8 Å². The zero-order valence-electron chi connectivity index (χ0n) is 16.9. The van der Waals surface area contributed by atoms with Gasteiger partial charge < -0.3 is 9.80 Å². The summed E-state index contributed by atoms with van der Waals surface area (Å²) in [6, 6.07) is 6.04. The molecule has 6 nitrogen and oxygen atoms in total. The van der Waals surface area contributed by atoms with Crippen LogP contribution in [0.4, 0.5) is 5.82 Å². The molecule has 2 aliphatic heterocycles. The zero-order chi connectivity index (χ0) is 19.5. The minimum Gasteiger partial charge on any atom is -0.350 e. The SMILES string of the molecule is CCC(=O)N1CCCC[C@H]1c1nc(C)c2c(n1)N(Cc1ccccn1)CCC2. The molecule has 0 N–H and O–H groups in total. The fourth-order valence-corrected chi connectivity index (χ4v) is 4.40. The monoisotopic (exact) mass is 379 g/mol. The lowest BCUT2D eigenvalue weighted by molar-refractivity contribution is -0.134. The molecule has 4 rings (SSSR count). The Bertz CT molecular complexity index is 838. The van der Waals surface area contributed by atoms with Crippen LogP contribution in [0.15, 0.2) is 24.4 Å². The molecule has 2 aromatic heterocycles. The topological polar surface area (TPSA) is 62.2 Å². The third-order valence-electron chi connectivity index (χ3n) is 5.87. The van der Waals surface area contributed by atoms with Crippen molar-refractivity contribution in [2.75, 3.05) is 18.0 Å². The highest BCUT2D eigenvalue weighted by molar-refractivity contribution is 5.76. The van der Waals surface area contributed by atoms with E-state index < -0.39 is 0 Å². The zero-order valence-corrected chi connectivity index (χ0v) is 16.9. The summed E-state index contributed by atoms with van der Waals surface area (Å²) >= 11 is 0. The highest BCUT2D eigenvalue weighted by atomic mass is 16.2. The van der Waals surface area contributed by atoms with Crippen molar-refractivity contribution in [1.29, 1.82) is 0 Å². The number of nitrogens with zero attached hydrogens (tertiary/aromatic N) is 5. The molecule has 0 bridgehead atoms. The summed E-state index contributed by atoms with van der Waals surface area (Å²) in [6.07, 6.45) is 7.63. The third kappa shape index (κ3) is 3.73. The molecule has 1 fully saturated rings. The Balaban J connectivity index is 1.68. The highest BCUT2D eigenvalue weighted by Gasteiger charge is 2.31. The summed E-state index contributed by atoms with van der Waals surface area (Å²) in [7, 11) is 0. The number of fused-ring (bicyclic) bond motifs is 1. The second-order valence-corrected chi connectivity index (χ2v) is 7.77. The molecule has 0 unspecified atom stereocenters. The van der Waals surface area contributed by atoms with Gasteiger partial charge in [0.2, 0.25) is 5.91 Å². The van der Waals surface area contributed by atoms with Crippen LogP contribution in [0.2, 0.25) is 0 Å². The van der Waals surface area contributed by atoms with E-state index in [0.29, 0.717) is 6.42 Å². The Hall–Kier alpha value is -2.50. The number of amides is 1. The van der Waals surface area contributed by atoms with Crippen molar-refractivity contribution in [3.63, 3.8) is 0 Å². The van der Waals surface area contributed by atoms with Crippen LogP contribution in [0, 0.1) is 6.92 Å². The quantitative estimate of drug-likeness (QED) is 0.812.